The fraction of sp³-hybridized carbons (Fsp3) is 0.500. The van der Waals surface area contributed by atoms with Gasteiger partial charge in [-0.15, -0.1) is 11.3 Å². The number of hydrogen-bond donors (Lipinski definition) is 4. The topological polar surface area (TPSA) is 198 Å². The molecule has 4 aliphatic heterocycles. The number of rotatable bonds is 12. The summed E-state index contributed by atoms with van der Waals surface area (Å²) in [5.41, 5.74) is 3.68. The first-order valence-corrected chi connectivity index (χ1v) is 27.1. The number of benzene rings is 2. The molecule has 0 radical (unpaired) electrons. The Labute approximate surface area is 439 Å². The van der Waals surface area contributed by atoms with E-state index >= 15 is 4.39 Å². The van der Waals surface area contributed by atoms with Gasteiger partial charge in [-0.05, 0) is 139 Å². The number of halogens is 1. The van der Waals surface area contributed by atoms with E-state index in [2.05, 4.69) is 43.4 Å². The van der Waals surface area contributed by atoms with Crippen LogP contribution in [0.5, 0.6) is 5.75 Å². The number of alkyl carbamates (subject to hydrolysis) is 2. The van der Waals surface area contributed by atoms with Crippen molar-refractivity contribution in [3.05, 3.63) is 88.1 Å². The number of imidazole rings is 2. The summed E-state index contributed by atoms with van der Waals surface area (Å²) in [4.78, 5) is 75.9. The molecule has 4 N–H and O–H groups in total. The van der Waals surface area contributed by atoms with Crippen molar-refractivity contribution < 1.29 is 42.5 Å². The highest BCUT2D eigenvalue weighted by molar-refractivity contribution is 7.12. The zero-order chi connectivity index (χ0) is 52.7. The Kier molecular flexibility index (Phi) is 13.1. The van der Waals surface area contributed by atoms with Crippen LogP contribution in [0.4, 0.5) is 14.0 Å². The van der Waals surface area contributed by atoms with Crippen molar-refractivity contribution in [1.82, 2.24) is 44.9 Å². The SMILES string of the molecule is COC(=O)N[C@H](C(=O)N1CCC[C@H]1c1ncc(-c2cc(F)c3c(c2)O[C@@H](c2ccc(C4CC4)s2)n2c-3cc3cc(-c4cnc([C@@H]5CCCN5C(=O)[C@@H](NC(=O)OC)C5CC(C)(C)OC(C)(C)C5)[nH]4)ccc32)[nH]1)C(C)C. The molecule has 8 heterocycles. The van der Waals surface area contributed by atoms with Gasteiger partial charge in [-0.25, -0.2) is 23.9 Å². The molecule has 396 valence electrons. The van der Waals surface area contributed by atoms with E-state index in [0.717, 1.165) is 52.7 Å². The third-order valence-electron chi connectivity index (χ3n) is 15.7. The van der Waals surface area contributed by atoms with Crippen LogP contribution < -0.4 is 15.4 Å². The van der Waals surface area contributed by atoms with E-state index in [4.69, 9.17) is 28.9 Å². The summed E-state index contributed by atoms with van der Waals surface area (Å²) >= 11 is 1.73. The summed E-state index contributed by atoms with van der Waals surface area (Å²) in [7, 11) is 2.58. The Balaban J connectivity index is 0.892. The Bertz CT molecular complexity index is 3170. The fourth-order valence-electron chi connectivity index (χ4n) is 12.3. The van der Waals surface area contributed by atoms with Crippen molar-refractivity contribution in [2.75, 3.05) is 27.3 Å². The second-order valence-electron chi connectivity index (χ2n) is 22.5. The zero-order valence-corrected chi connectivity index (χ0v) is 44.6. The van der Waals surface area contributed by atoms with E-state index in [1.54, 1.807) is 28.6 Å². The van der Waals surface area contributed by atoms with Gasteiger partial charge >= 0.3 is 12.2 Å². The second-order valence-corrected chi connectivity index (χ2v) is 23.6. The number of carbonyl (C=O) groups is 4. The highest BCUT2D eigenvalue weighted by Crippen LogP contribution is 2.51. The highest BCUT2D eigenvalue weighted by Gasteiger charge is 2.47. The molecule has 0 bridgehead atoms. The number of aromatic nitrogens is 5. The molecule has 2 aromatic carbocycles. The molecule has 0 unspecified atom stereocenters. The number of likely N-dealkylation sites (tertiary alicyclic amines) is 2. The van der Waals surface area contributed by atoms with Gasteiger partial charge in [-0.1, -0.05) is 19.9 Å². The maximum atomic E-state index is 17.0. The molecule has 5 aliphatic rings. The second kappa shape index (κ2) is 19.4. The number of aromatic amines is 2. The number of ether oxygens (including phenoxy) is 4. The van der Waals surface area contributed by atoms with Crippen LogP contribution in [-0.4, -0.2) is 109 Å². The number of nitrogens with one attached hydrogen (secondary N) is 4. The van der Waals surface area contributed by atoms with Crippen LogP contribution in [0.2, 0.25) is 0 Å². The number of carbonyl (C=O) groups excluding carboxylic acids is 4. The lowest BCUT2D eigenvalue weighted by molar-refractivity contribution is -0.178. The van der Waals surface area contributed by atoms with Crippen molar-refractivity contribution in [1.29, 1.82) is 0 Å². The summed E-state index contributed by atoms with van der Waals surface area (Å²) in [6.07, 6.45) is 7.99. The Morgan fingerprint density at radius 3 is 2.01 bits per heavy atom. The van der Waals surface area contributed by atoms with Gasteiger partial charge in [0.2, 0.25) is 18.0 Å². The molecule has 1 saturated carbocycles. The van der Waals surface area contributed by atoms with Crippen LogP contribution in [0.15, 0.2) is 60.9 Å². The molecule has 3 saturated heterocycles. The third kappa shape index (κ3) is 9.66. The van der Waals surface area contributed by atoms with Gasteiger partial charge in [0, 0.05) is 34.5 Å². The molecule has 75 heavy (non-hydrogen) atoms. The predicted molar refractivity (Wildman–Crippen MR) is 280 cm³/mol. The molecular formula is C56H66FN9O8S. The molecule has 4 fully saturated rings. The summed E-state index contributed by atoms with van der Waals surface area (Å²) < 4.78 is 42.2. The summed E-state index contributed by atoms with van der Waals surface area (Å²) in [5, 5.41) is 6.48. The number of thiophene rings is 1. The zero-order valence-electron chi connectivity index (χ0n) is 43.8. The quantitative estimate of drug-likeness (QED) is 0.0915. The van der Waals surface area contributed by atoms with Crippen LogP contribution in [0.1, 0.15) is 139 Å². The molecule has 1 aliphatic carbocycles. The van der Waals surface area contributed by atoms with Crippen molar-refractivity contribution in [2.45, 2.75) is 140 Å². The summed E-state index contributed by atoms with van der Waals surface area (Å²) in [5.74, 6) is 0.984. The minimum atomic E-state index is -0.810. The van der Waals surface area contributed by atoms with Crippen LogP contribution >= 0.6 is 11.3 Å². The van der Waals surface area contributed by atoms with Gasteiger partial charge in [0.25, 0.3) is 0 Å². The number of nitrogens with zero attached hydrogens (tertiary/aromatic N) is 5. The van der Waals surface area contributed by atoms with Crippen molar-refractivity contribution in [3.8, 4) is 39.5 Å². The number of methoxy groups -OCH3 is 2. The van der Waals surface area contributed by atoms with E-state index < -0.39 is 47.5 Å². The molecule has 0 spiro atoms. The molecule has 5 atom stereocenters. The maximum Gasteiger partial charge on any atom is 0.407 e. The number of amides is 4. The van der Waals surface area contributed by atoms with Crippen molar-refractivity contribution in [2.24, 2.45) is 11.8 Å². The average molecular weight is 1040 g/mol. The van der Waals surface area contributed by atoms with Gasteiger partial charge in [0.05, 0.1) is 82.9 Å². The minimum absolute atomic E-state index is 0.169. The molecular weight excluding hydrogens is 978 g/mol. The van der Waals surface area contributed by atoms with Gasteiger partial charge in [0.15, 0.2) is 0 Å². The molecule has 17 nitrogen and oxygen atoms in total. The monoisotopic (exact) mass is 1040 g/mol. The smallest absolute Gasteiger partial charge is 0.407 e. The fourth-order valence-corrected chi connectivity index (χ4v) is 13.5. The van der Waals surface area contributed by atoms with Gasteiger partial charge < -0.3 is 49.3 Å². The first-order valence-electron chi connectivity index (χ1n) is 26.2. The molecule has 4 amide bonds. The van der Waals surface area contributed by atoms with Crippen LogP contribution in [-0.2, 0) is 23.8 Å². The molecule has 4 aromatic heterocycles. The lowest BCUT2D eigenvalue weighted by Crippen LogP contribution is -2.57. The van der Waals surface area contributed by atoms with E-state index in [0.29, 0.717) is 84.6 Å². The van der Waals surface area contributed by atoms with Gasteiger partial charge in [0.1, 0.15) is 35.3 Å². The van der Waals surface area contributed by atoms with Gasteiger partial charge in [-0.2, -0.15) is 0 Å². The average Bonchev–Trinajstić information content (AvgIpc) is 4.12. The third-order valence-corrected chi connectivity index (χ3v) is 16.9. The predicted octanol–water partition coefficient (Wildman–Crippen LogP) is 10.5. The van der Waals surface area contributed by atoms with Crippen molar-refractivity contribution in [3.63, 3.8) is 0 Å². The maximum absolute atomic E-state index is 17.0. The van der Waals surface area contributed by atoms with Crippen molar-refractivity contribution >= 4 is 46.2 Å². The Hall–Kier alpha value is -6.73. The van der Waals surface area contributed by atoms with E-state index in [-0.39, 0.29) is 35.7 Å². The van der Waals surface area contributed by atoms with Crippen LogP contribution in [0, 0.1) is 17.7 Å². The van der Waals surface area contributed by atoms with E-state index in [1.807, 2.05) is 70.7 Å². The van der Waals surface area contributed by atoms with Gasteiger partial charge in [-0.3, -0.25) is 14.2 Å². The number of hydrogen-bond acceptors (Lipinski definition) is 11. The molecule has 6 aromatic rings. The normalized spacial score (nSPS) is 21.9. The standard InChI is InChI=1S/C56H66FN9O8S/c1-29(2)46(62-53(69)71-7)50(67)64-19-9-11-39(64)49-59-28-37(61-49)32-22-35(57)45-41-23-33-21-31(15-16-38(33)66(41)52(73-42(45)24-32)44-18-17-43(75-44)30-13-14-30)36-27-58-48(60-36)40-12-10-20-65(40)51(68)47(63-54(70)72-8)34-25-55(3,4)74-56(5,6)26-34/h15-18,21-24,27-30,34,39-40,46-47,52H,9-14,19-20,25-26H2,1-8H3,(H,58,60)(H,59,61)(H,62,69)(H,63,70)/t39-,40-,46-,47-,52-/m0/s1. The van der Waals surface area contributed by atoms with Crippen LogP contribution in [0.3, 0.4) is 0 Å². The first kappa shape index (κ1) is 50.4. The molecule has 11 rings (SSSR count). The van der Waals surface area contributed by atoms with Crippen LogP contribution in [0.25, 0.3) is 44.7 Å². The first-order chi connectivity index (χ1) is 35.9. The summed E-state index contributed by atoms with van der Waals surface area (Å²) in [6.45, 7) is 12.9. The molecule has 19 heteroatoms. The summed E-state index contributed by atoms with van der Waals surface area (Å²) in [6, 6.07) is 13.6. The Morgan fingerprint density at radius 1 is 0.773 bits per heavy atom. The lowest BCUT2D eigenvalue weighted by Gasteiger charge is -2.47. The number of fused-ring (bicyclic) bond motifs is 5. The number of H-pyrrole nitrogens is 2. The largest absolute Gasteiger partial charge is 0.464 e. The Morgan fingerprint density at radius 2 is 1.39 bits per heavy atom. The van der Waals surface area contributed by atoms with E-state index in [9.17, 15) is 19.2 Å². The lowest BCUT2D eigenvalue weighted by atomic mass is 9.76. The minimum Gasteiger partial charge on any atom is -0.464 e. The van der Waals surface area contributed by atoms with E-state index in [1.165, 1.54) is 25.2 Å². The highest BCUT2D eigenvalue weighted by atomic mass is 32.1.